The van der Waals surface area contributed by atoms with E-state index in [9.17, 15) is 4.79 Å². The van der Waals surface area contributed by atoms with Crippen molar-refractivity contribution in [1.29, 1.82) is 0 Å². The van der Waals surface area contributed by atoms with Crippen LogP contribution in [0.2, 0.25) is 0 Å². The number of nitrogens with one attached hydrogen (secondary N) is 2. The Morgan fingerprint density at radius 2 is 2.00 bits per heavy atom. The Morgan fingerprint density at radius 3 is 2.68 bits per heavy atom. The Morgan fingerprint density at radius 1 is 1.26 bits per heavy atom. The number of rotatable bonds is 7. The number of amides is 2. The second-order valence-electron chi connectivity index (χ2n) is 5.03. The van der Waals surface area contributed by atoms with Crippen LogP contribution in [-0.2, 0) is 0 Å². The zero-order valence-corrected chi connectivity index (χ0v) is 12.0. The topological polar surface area (TPSA) is 50.4 Å². The molecule has 0 aliphatic heterocycles. The highest BCUT2D eigenvalue weighted by atomic mass is 16.5. The van der Waals surface area contributed by atoms with Crippen LogP contribution in [0.5, 0.6) is 5.75 Å². The Kier molecular flexibility index (Phi) is 6.79. The van der Waals surface area contributed by atoms with Crippen LogP contribution in [0.4, 0.5) is 4.79 Å². The van der Waals surface area contributed by atoms with Crippen LogP contribution in [0.3, 0.4) is 0 Å². The molecule has 1 aromatic carbocycles. The zero-order chi connectivity index (χ0) is 14.1. The summed E-state index contributed by atoms with van der Waals surface area (Å²) >= 11 is 0. The lowest BCUT2D eigenvalue weighted by Gasteiger charge is -2.10. The summed E-state index contributed by atoms with van der Waals surface area (Å²) in [6.45, 7) is 7.97. The fraction of sp³-hybridized carbons (Fsp3) is 0.533. The van der Waals surface area contributed by atoms with E-state index in [1.807, 2.05) is 31.2 Å². The van der Waals surface area contributed by atoms with Gasteiger partial charge in [-0.25, -0.2) is 4.79 Å². The van der Waals surface area contributed by atoms with Crippen LogP contribution in [0.15, 0.2) is 24.3 Å². The van der Waals surface area contributed by atoms with Gasteiger partial charge in [-0.1, -0.05) is 26.0 Å². The van der Waals surface area contributed by atoms with Crippen molar-refractivity contribution < 1.29 is 9.53 Å². The maximum Gasteiger partial charge on any atom is 0.314 e. The molecule has 0 saturated carbocycles. The van der Waals surface area contributed by atoms with E-state index in [-0.39, 0.29) is 6.03 Å². The fourth-order valence-corrected chi connectivity index (χ4v) is 1.58. The number of urea groups is 1. The van der Waals surface area contributed by atoms with Crippen molar-refractivity contribution in [3.63, 3.8) is 0 Å². The molecule has 0 heterocycles. The second-order valence-corrected chi connectivity index (χ2v) is 5.03. The number of benzene rings is 1. The molecule has 0 aliphatic carbocycles. The van der Waals surface area contributed by atoms with E-state index in [0.29, 0.717) is 25.6 Å². The summed E-state index contributed by atoms with van der Waals surface area (Å²) in [5, 5.41) is 5.58. The Balaban J connectivity index is 2.08. The van der Waals surface area contributed by atoms with Gasteiger partial charge >= 0.3 is 6.03 Å². The predicted octanol–water partition coefficient (Wildman–Crippen LogP) is 2.72. The zero-order valence-electron chi connectivity index (χ0n) is 12.0. The molecule has 2 N–H and O–H groups in total. The molecule has 0 spiro atoms. The van der Waals surface area contributed by atoms with Crippen LogP contribution >= 0.6 is 0 Å². The number of aryl methyl sites for hydroxylation is 1. The SMILES string of the molecule is Cc1cccc(OCCNC(=O)NCCC(C)C)c1. The number of hydrogen-bond acceptors (Lipinski definition) is 2. The minimum absolute atomic E-state index is 0.131. The van der Waals surface area contributed by atoms with E-state index in [1.54, 1.807) is 0 Å². The molecule has 0 bridgehead atoms. The summed E-state index contributed by atoms with van der Waals surface area (Å²) in [4.78, 5) is 11.4. The lowest BCUT2D eigenvalue weighted by atomic mass is 10.1. The van der Waals surface area contributed by atoms with Gasteiger partial charge in [-0.2, -0.15) is 0 Å². The predicted molar refractivity (Wildman–Crippen MR) is 77.5 cm³/mol. The van der Waals surface area contributed by atoms with Crippen molar-refractivity contribution in [2.24, 2.45) is 5.92 Å². The molecule has 0 radical (unpaired) electrons. The van der Waals surface area contributed by atoms with Crippen LogP contribution in [0.25, 0.3) is 0 Å². The molecule has 0 aromatic heterocycles. The van der Waals surface area contributed by atoms with Gasteiger partial charge in [0.15, 0.2) is 0 Å². The van der Waals surface area contributed by atoms with Crippen molar-refractivity contribution in [1.82, 2.24) is 10.6 Å². The molecule has 0 saturated heterocycles. The number of carbonyl (C=O) groups is 1. The van der Waals surface area contributed by atoms with E-state index in [1.165, 1.54) is 0 Å². The highest BCUT2D eigenvalue weighted by Crippen LogP contribution is 2.11. The van der Waals surface area contributed by atoms with Gasteiger partial charge in [0.25, 0.3) is 0 Å². The van der Waals surface area contributed by atoms with Crippen LogP contribution in [0.1, 0.15) is 25.8 Å². The molecule has 0 aliphatic rings. The molecule has 1 rings (SSSR count). The van der Waals surface area contributed by atoms with Crippen molar-refractivity contribution in [3.05, 3.63) is 29.8 Å². The maximum atomic E-state index is 11.4. The molecule has 0 fully saturated rings. The fourth-order valence-electron chi connectivity index (χ4n) is 1.58. The average molecular weight is 264 g/mol. The molecular weight excluding hydrogens is 240 g/mol. The van der Waals surface area contributed by atoms with Crippen molar-refractivity contribution in [3.8, 4) is 5.75 Å². The standard InChI is InChI=1S/C15H24N2O2/c1-12(2)7-8-16-15(18)17-9-10-19-14-6-4-5-13(3)11-14/h4-6,11-12H,7-10H2,1-3H3,(H2,16,17,18). The van der Waals surface area contributed by atoms with Crippen molar-refractivity contribution in [2.45, 2.75) is 27.2 Å². The van der Waals surface area contributed by atoms with E-state index < -0.39 is 0 Å². The third-order valence-electron chi connectivity index (χ3n) is 2.65. The average Bonchev–Trinajstić information content (AvgIpc) is 2.34. The first kappa shape index (κ1) is 15.3. The molecule has 4 nitrogen and oxygen atoms in total. The summed E-state index contributed by atoms with van der Waals surface area (Å²) in [6, 6.07) is 7.73. The van der Waals surface area contributed by atoms with E-state index >= 15 is 0 Å². The highest BCUT2D eigenvalue weighted by Gasteiger charge is 2.00. The summed E-state index contributed by atoms with van der Waals surface area (Å²) < 4.78 is 5.54. The van der Waals surface area contributed by atoms with E-state index in [0.717, 1.165) is 17.7 Å². The van der Waals surface area contributed by atoms with E-state index in [4.69, 9.17) is 4.74 Å². The molecule has 1 aromatic rings. The number of ether oxygens (including phenoxy) is 1. The van der Waals surface area contributed by atoms with Crippen LogP contribution in [0, 0.1) is 12.8 Å². The summed E-state index contributed by atoms with van der Waals surface area (Å²) in [5.41, 5.74) is 1.16. The van der Waals surface area contributed by atoms with Gasteiger partial charge in [-0.05, 0) is 37.0 Å². The van der Waals surface area contributed by atoms with E-state index in [2.05, 4.69) is 24.5 Å². The van der Waals surface area contributed by atoms with Crippen molar-refractivity contribution in [2.75, 3.05) is 19.7 Å². The van der Waals surface area contributed by atoms with Gasteiger partial charge in [-0.3, -0.25) is 0 Å². The normalized spacial score (nSPS) is 10.3. The summed E-state index contributed by atoms with van der Waals surface area (Å²) in [5.74, 6) is 1.44. The lowest BCUT2D eigenvalue weighted by molar-refractivity contribution is 0.236. The quantitative estimate of drug-likeness (QED) is 0.744. The Hall–Kier alpha value is -1.71. The van der Waals surface area contributed by atoms with Crippen molar-refractivity contribution >= 4 is 6.03 Å². The third kappa shape index (κ3) is 7.34. The summed E-state index contributed by atoms with van der Waals surface area (Å²) in [7, 11) is 0. The monoisotopic (exact) mass is 264 g/mol. The molecule has 19 heavy (non-hydrogen) atoms. The first-order valence-electron chi connectivity index (χ1n) is 6.79. The minimum atomic E-state index is -0.131. The first-order chi connectivity index (χ1) is 9.08. The molecule has 106 valence electrons. The number of carbonyl (C=O) groups excluding carboxylic acids is 1. The van der Waals surface area contributed by atoms with Gasteiger partial charge in [0.2, 0.25) is 0 Å². The van der Waals surface area contributed by atoms with Crippen LogP contribution in [-0.4, -0.2) is 25.7 Å². The maximum absolute atomic E-state index is 11.4. The third-order valence-corrected chi connectivity index (χ3v) is 2.65. The van der Waals surface area contributed by atoms with Gasteiger partial charge in [-0.15, -0.1) is 0 Å². The van der Waals surface area contributed by atoms with Gasteiger partial charge in [0.1, 0.15) is 12.4 Å². The largest absolute Gasteiger partial charge is 0.492 e. The van der Waals surface area contributed by atoms with Crippen LogP contribution < -0.4 is 15.4 Å². The first-order valence-corrected chi connectivity index (χ1v) is 6.79. The van der Waals surface area contributed by atoms with Gasteiger partial charge in [0.05, 0.1) is 6.54 Å². The molecule has 4 heteroatoms. The minimum Gasteiger partial charge on any atom is -0.492 e. The van der Waals surface area contributed by atoms with Gasteiger partial charge < -0.3 is 15.4 Å². The Bertz CT molecular complexity index is 391. The van der Waals surface area contributed by atoms with Gasteiger partial charge in [0, 0.05) is 6.54 Å². The summed E-state index contributed by atoms with van der Waals surface area (Å²) in [6.07, 6.45) is 0.993. The molecule has 0 atom stereocenters. The molecule has 2 amide bonds. The smallest absolute Gasteiger partial charge is 0.314 e. The molecule has 0 unspecified atom stereocenters. The highest BCUT2D eigenvalue weighted by molar-refractivity contribution is 5.73. The second kappa shape index (κ2) is 8.40. The Labute approximate surface area is 115 Å². The number of hydrogen-bond donors (Lipinski definition) is 2. The molecular formula is C15H24N2O2. The lowest BCUT2D eigenvalue weighted by Crippen LogP contribution is -2.38.